The summed E-state index contributed by atoms with van der Waals surface area (Å²) in [5.74, 6) is -0.110. The number of nitrogens with zero attached hydrogens (tertiary/aromatic N) is 4. The first-order chi connectivity index (χ1) is 22.7. The van der Waals surface area contributed by atoms with E-state index in [0.29, 0.717) is 58.0 Å². The minimum atomic E-state index is -0.884. The molecule has 2 aromatic rings. The molecule has 10 heteroatoms. The SMILES string of the molecule is CCNCCCN(C)C1CCN(C(=O)[C@@H](Cc2cc(C)cc(C)c2)OC(=O)N2CCC(N3CCc4ccccc4NC3=O)CC2)CC1. The number of anilines is 1. The van der Waals surface area contributed by atoms with Crippen molar-refractivity contribution in [1.29, 1.82) is 0 Å². The van der Waals surface area contributed by atoms with Crippen molar-refractivity contribution in [1.82, 2.24) is 24.9 Å². The van der Waals surface area contributed by atoms with Crippen molar-refractivity contribution in [2.45, 2.75) is 83.9 Å². The van der Waals surface area contributed by atoms with Crippen LogP contribution in [0.3, 0.4) is 0 Å². The number of hydrogen-bond donors (Lipinski definition) is 2. The molecule has 0 bridgehead atoms. The number of urea groups is 1. The van der Waals surface area contributed by atoms with Crippen molar-refractivity contribution >= 4 is 23.7 Å². The topological polar surface area (TPSA) is 97.5 Å². The Hall–Kier alpha value is -3.63. The van der Waals surface area contributed by atoms with Gasteiger partial charge in [0.05, 0.1) is 0 Å². The Morgan fingerprint density at radius 3 is 2.36 bits per heavy atom. The van der Waals surface area contributed by atoms with Crippen LogP contribution < -0.4 is 10.6 Å². The number of carbonyl (C=O) groups is 3. The van der Waals surface area contributed by atoms with E-state index in [0.717, 1.165) is 73.3 Å². The van der Waals surface area contributed by atoms with E-state index in [9.17, 15) is 14.4 Å². The van der Waals surface area contributed by atoms with Crippen LogP contribution in [0.4, 0.5) is 15.3 Å². The van der Waals surface area contributed by atoms with Crippen LogP contribution in [0.5, 0.6) is 0 Å². The summed E-state index contributed by atoms with van der Waals surface area (Å²) >= 11 is 0. The minimum absolute atomic E-state index is 0.0448. The molecule has 0 spiro atoms. The summed E-state index contributed by atoms with van der Waals surface area (Å²) in [5.41, 5.74) is 5.25. The highest BCUT2D eigenvalue weighted by Crippen LogP contribution is 2.26. The zero-order valence-corrected chi connectivity index (χ0v) is 28.8. The maximum absolute atomic E-state index is 14.0. The van der Waals surface area contributed by atoms with Gasteiger partial charge in [-0.05, 0) is 96.2 Å². The molecule has 2 aromatic carbocycles. The largest absolute Gasteiger partial charge is 0.436 e. The Labute approximate surface area is 280 Å². The molecule has 47 heavy (non-hydrogen) atoms. The van der Waals surface area contributed by atoms with Crippen LogP contribution in [-0.4, -0.2) is 115 Å². The fourth-order valence-corrected chi connectivity index (χ4v) is 7.42. The maximum atomic E-state index is 14.0. The van der Waals surface area contributed by atoms with Crippen LogP contribution in [0.15, 0.2) is 42.5 Å². The molecule has 0 aromatic heterocycles. The number of benzene rings is 2. The number of amides is 4. The number of carbonyl (C=O) groups excluding carboxylic acids is 3. The lowest BCUT2D eigenvalue weighted by molar-refractivity contribution is -0.142. The lowest BCUT2D eigenvalue weighted by Crippen LogP contribution is -2.52. The van der Waals surface area contributed by atoms with Gasteiger partial charge in [-0.15, -0.1) is 0 Å². The van der Waals surface area contributed by atoms with E-state index in [2.05, 4.69) is 53.8 Å². The van der Waals surface area contributed by atoms with Crippen molar-refractivity contribution in [2.75, 3.05) is 64.7 Å². The molecule has 1 atom stereocenters. The van der Waals surface area contributed by atoms with Gasteiger partial charge in [0.1, 0.15) is 0 Å². The van der Waals surface area contributed by atoms with Gasteiger partial charge in [0, 0.05) is 56.9 Å². The molecular formula is C37H54N6O4. The Bertz CT molecular complexity index is 1350. The third kappa shape index (κ3) is 9.26. The Kier molecular flexibility index (Phi) is 12.2. The second-order valence-electron chi connectivity index (χ2n) is 13.6. The van der Waals surface area contributed by atoms with Crippen LogP contribution in [0.25, 0.3) is 0 Å². The summed E-state index contributed by atoms with van der Waals surface area (Å²) in [6.45, 7) is 12.2. The fourth-order valence-electron chi connectivity index (χ4n) is 7.42. The van der Waals surface area contributed by atoms with Crippen molar-refractivity contribution in [3.05, 3.63) is 64.7 Å². The summed E-state index contributed by atoms with van der Waals surface area (Å²) in [4.78, 5) is 48.6. The second-order valence-corrected chi connectivity index (χ2v) is 13.6. The summed E-state index contributed by atoms with van der Waals surface area (Å²) < 4.78 is 6.09. The molecule has 0 unspecified atom stereocenters. The van der Waals surface area contributed by atoms with Gasteiger partial charge in [-0.3, -0.25) is 4.79 Å². The summed E-state index contributed by atoms with van der Waals surface area (Å²) in [6.07, 6.45) is 4.08. The lowest BCUT2D eigenvalue weighted by atomic mass is 9.99. The third-order valence-electron chi connectivity index (χ3n) is 10.0. The van der Waals surface area contributed by atoms with Gasteiger partial charge in [-0.2, -0.15) is 0 Å². The molecular weight excluding hydrogens is 592 g/mol. The van der Waals surface area contributed by atoms with Crippen LogP contribution in [0.2, 0.25) is 0 Å². The van der Waals surface area contributed by atoms with Gasteiger partial charge in [0.15, 0.2) is 6.10 Å². The molecule has 4 amide bonds. The molecule has 2 fully saturated rings. The molecule has 0 saturated carbocycles. The first-order valence-electron chi connectivity index (χ1n) is 17.6. The number of nitrogens with one attached hydrogen (secondary N) is 2. The molecule has 5 rings (SSSR count). The lowest BCUT2D eigenvalue weighted by Gasteiger charge is -2.39. The van der Waals surface area contributed by atoms with Crippen molar-refractivity contribution in [2.24, 2.45) is 0 Å². The molecule has 3 aliphatic heterocycles. The molecule has 0 aliphatic carbocycles. The van der Waals surface area contributed by atoms with E-state index in [1.54, 1.807) is 4.90 Å². The number of para-hydroxylation sites is 1. The Morgan fingerprint density at radius 1 is 0.979 bits per heavy atom. The molecule has 3 heterocycles. The molecule has 256 valence electrons. The standard InChI is InChI=1S/C37H54N6O4/c1-5-38-16-8-17-40(4)31-12-18-41(19-13-31)35(44)34(26-29-24-27(2)23-28(3)25-29)47-37(46)42-20-14-32(15-21-42)43-22-11-30-9-6-7-10-33(30)39-36(43)45/h6-7,9-10,23-25,31-32,34,38H,5,8,11-22,26H2,1-4H3,(H,39,45)/t34-/m1/s1. The van der Waals surface area contributed by atoms with Gasteiger partial charge in [-0.25, -0.2) is 9.59 Å². The number of ether oxygens (including phenoxy) is 1. The van der Waals surface area contributed by atoms with Crippen LogP contribution >= 0.6 is 0 Å². The Balaban J connectivity index is 1.18. The summed E-state index contributed by atoms with van der Waals surface area (Å²) in [5, 5.41) is 6.45. The van der Waals surface area contributed by atoms with Gasteiger partial charge in [0.2, 0.25) is 0 Å². The number of rotatable bonds is 11. The Morgan fingerprint density at radius 2 is 1.66 bits per heavy atom. The molecule has 10 nitrogen and oxygen atoms in total. The molecule has 2 saturated heterocycles. The van der Waals surface area contributed by atoms with E-state index in [-0.39, 0.29) is 18.0 Å². The van der Waals surface area contributed by atoms with E-state index < -0.39 is 12.2 Å². The number of aryl methyl sites for hydroxylation is 2. The van der Waals surface area contributed by atoms with Gasteiger partial charge >= 0.3 is 12.1 Å². The third-order valence-corrected chi connectivity index (χ3v) is 10.0. The number of fused-ring (bicyclic) bond motifs is 1. The predicted molar refractivity (Wildman–Crippen MR) is 186 cm³/mol. The monoisotopic (exact) mass is 646 g/mol. The van der Waals surface area contributed by atoms with E-state index in [1.165, 1.54) is 0 Å². The molecule has 3 aliphatic rings. The van der Waals surface area contributed by atoms with Crippen LogP contribution in [0, 0.1) is 13.8 Å². The van der Waals surface area contributed by atoms with Gasteiger partial charge < -0.3 is 35.0 Å². The van der Waals surface area contributed by atoms with Gasteiger partial charge in [-0.1, -0.05) is 54.4 Å². The number of likely N-dealkylation sites (tertiary alicyclic amines) is 2. The predicted octanol–water partition coefficient (Wildman–Crippen LogP) is 4.83. The number of hydrogen-bond acceptors (Lipinski definition) is 6. The van der Waals surface area contributed by atoms with Crippen LogP contribution in [0.1, 0.15) is 61.3 Å². The fraction of sp³-hybridized carbons (Fsp3) is 0.595. The smallest absolute Gasteiger partial charge is 0.410 e. The van der Waals surface area contributed by atoms with Crippen molar-refractivity contribution < 1.29 is 19.1 Å². The first kappa shape index (κ1) is 34.7. The zero-order chi connectivity index (χ0) is 33.3. The average molecular weight is 647 g/mol. The molecule has 0 radical (unpaired) electrons. The summed E-state index contributed by atoms with van der Waals surface area (Å²) in [7, 11) is 2.18. The second kappa shape index (κ2) is 16.5. The van der Waals surface area contributed by atoms with Crippen molar-refractivity contribution in [3.63, 3.8) is 0 Å². The van der Waals surface area contributed by atoms with Crippen LogP contribution in [-0.2, 0) is 22.4 Å². The number of piperidine rings is 2. The van der Waals surface area contributed by atoms with E-state index in [4.69, 9.17) is 4.74 Å². The highest BCUT2D eigenvalue weighted by atomic mass is 16.6. The normalized spacial score (nSPS) is 18.5. The quantitative estimate of drug-likeness (QED) is 0.340. The van der Waals surface area contributed by atoms with Crippen molar-refractivity contribution in [3.8, 4) is 0 Å². The highest BCUT2D eigenvalue weighted by Gasteiger charge is 2.36. The summed E-state index contributed by atoms with van der Waals surface area (Å²) in [6, 6.07) is 14.6. The first-order valence-corrected chi connectivity index (χ1v) is 17.6. The average Bonchev–Trinajstić information content (AvgIpc) is 3.23. The minimum Gasteiger partial charge on any atom is -0.436 e. The highest BCUT2D eigenvalue weighted by molar-refractivity contribution is 5.91. The van der Waals surface area contributed by atoms with E-state index >= 15 is 0 Å². The zero-order valence-electron chi connectivity index (χ0n) is 28.8. The van der Waals surface area contributed by atoms with E-state index in [1.807, 2.05) is 41.8 Å². The van der Waals surface area contributed by atoms with Gasteiger partial charge in [0.25, 0.3) is 5.91 Å². The maximum Gasteiger partial charge on any atom is 0.410 e. The molecule has 2 N–H and O–H groups in total.